The van der Waals surface area contributed by atoms with Crippen molar-refractivity contribution >= 4 is 34.1 Å². The summed E-state index contributed by atoms with van der Waals surface area (Å²) in [4.78, 5) is 4.39. The quantitative estimate of drug-likeness (QED) is 0.115. The number of anilines is 6. The largest absolute Gasteiger partial charge is 0.497 e. The first kappa shape index (κ1) is 48.6. The minimum absolute atomic E-state index is 0.266. The van der Waals surface area contributed by atoms with Crippen LogP contribution in [-0.2, 0) is 61.0 Å². The normalized spacial score (nSPS) is 23.3. The van der Waals surface area contributed by atoms with Gasteiger partial charge in [-0.05, 0) is 168 Å². The summed E-state index contributed by atoms with van der Waals surface area (Å²) in [5.74, 6) is -3.05. The smallest absolute Gasteiger partial charge is 0.256 e. The standard InChI is InChI=1S/C64H56N2O12/c1-67-51-21-13-47(14-22-51)65(48-15-23-52(68-2)24-16-48)45-9-5-41(6-10-45)43-37-55-59-56(38-43)62-64(77-35-31-73-62,78-36-32-74-62)58-40-44(39-57(60(58)59)63-61(55,71-29-33-75-63)72-30-34-76-63)42-7-11-46(12-8-42)66(49-17-25-53(69-3)26-18-49)50-19-27-54(70-4)28-20-50/h5-28,37-40H,29-36H2,1-4H3. The van der Waals surface area contributed by atoms with E-state index in [2.05, 4.69) is 82.6 Å². The van der Waals surface area contributed by atoms with E-state index in [0.29, 0.717) is 0 Å². The Kier molecular flexibility index (Phi) is 11.8. The topological polar surface area (TPSA) is 117 Å². The Balaban J connectivity index is 0.937. The van der Waals surface area contributed by atoms with E-state index in [1.165, 1.54) is 0 Å². The van der Waals surface area contributed by atoms with E-state index in [9.17, 15) is 0 Å². The summed E-state index contributed by atoms with van der Waals surface area (Å²) in [6.45, 7) is 2.13. The Hall–Kier alpha value is -7.76. The molecular weight excluding hydrogens is 989 g/mol. The van der Waals surface area contributed by atoms with Crippen LogP contribution < -0.4 is 28.7 Å². The van der Waals surface area contributed by atoms with Gasteiger partial charge in [-0.2, -0.15) is 0 Å². The molecule has 0 radical (unpaired) electrons. The second kappa shape index (κ2) is 19.0. The van der Waals surface area contributed by atoms with Crippen molar-refractivity contribution in [3.8, 4) is 56.4 Å². The van der Waals surface area contributed by atoms with Gasteiger partial charge in [-0.1, -0.05) is 24.3 Å². The maximum absolute atomic E-state index is 7.05. The summed E-state index contributed by atoms with van der Waals surface area (Å²) in [5.41, 5.74) is 14.0. The summed E-state index contributed by atoms with van der Waals surface area (Å²) in [5, 5.41) is 0. The second-order valence-electron chi connectivity index (χ2n) is 19.7. The van der Waals surface area contributed by atoms with Crippen LogP contribution in [0.5, 0.6) is 23.0 Å². The average Bonchev–Trinajstić information content (AvgIpc) is 1.69. The van der Waals surface area contributed by atoms with Gasteiger partial charge in [-0.15, -0.1) is 0 Å². The van der Waals surface area contributed by atoms with Crippen LogP contribution in [0, 0.1) is 0 Å². The molecule has 14 nitrogen and oxygen atoms in total. The molecule has 0 aromatic heterocycles. The molecule has 0 amide bonds. The predicted octanol–water partition coefficient (Wildman–Crippen LogP) is 12.5. The molecule has 14 heteroatoms. The maximum atomic E-state index is 7.05. The number of rotatable bonds is 12. The molecule has 2 aliphatic carbocycles. The van der Waals surface area contributed by atoms with Crippen LogP contribution >= 0.6 is 0 Å². The SMILES string of the molecule is COc1ccc(N(c2ccc(OC)cc2)c2ccc(-c3cc4c5c(c3)C36OCCOC3(OCCO6)c3cc(-c6ccc(N(c7ccc(OC)cc7)c7ccc(OC)cc7)cc6)cc(c3-5)C35OCCOC43OCCO5)cc2)cc1. The highest BCUT2D eigenvalue weighted by Gasteiger charge is 2.73. The molecule has 0 bridgehead atoms. The number of hydrogen-bond donors (Lipinski definition) is 0. The first-order valence-electron chi connectivity index (χ1n) is 26.2. The Bertz CT molecular complexity index is 3090. The Morgan fingerprint density at radius 1 is 0.269 bits per heavy atom. The first-order chi connectivity index (χ1) is 38.3. The van der Waals surface area contributed by atoms with Crippen LogP contribution in [0.1, 0.15) is 22.3 Å². The van der Waals surface area contributed by atoms with Crippen LogP contribution in [0.2, 0.25) is 0 Å². The molecule has 78 heavy (non-hydrogen) atoms. The summed E-state index contributed by atoms with van der Waals surface area (Å²) >= 11 is 0. The Labute approximate surface area is 452 Å². The van der Waals surface area contributed by atoms with Gasteiger partial charge >= 0.3 is 0 Å². The first-order valence-corrected chi connectivity index (χ1v) is 26.2. The van der Waals surface area contributed by atoms with Crippen LogP contribution in [0.4, 0.5) is 34.1 Å². The molecule has 4 heterocycles. The highest BCUT2D eigenvalue weighted by Crippen LogP contribution is 2.69. The van der Waals surface area contributed by atoms with E-state index in [1.807, 2.05) is 97.1 Å². The lowest BCUT2D eigenvalue weighted by atomic mass is 9.64. The fourth-order valence-electron chi connectivity index (χ4n) is 12.4. The van der Waals surface area contributed by atoms with Gasteiger partial charge in [0.05, 0.1) is 81.3 Å². The zero-order valence-corrected chi connectivity index (χ0v) is 43.6. The van der Waals surface area contributed by atoms with E-state index in [4.69, 9.17) is 56.8 Å². The summed E-state index contributed by atoms with van der Waals surface area (Å²) in [6, 6.07) is 57.7. The fraction of sp³-hybridized carbons (Fsp3) is 0.250. The fourth-order valence-corrected chi connectivity index (χ4v) is 12.4. The summed E-state index contributed by atoms with van der Waals surface area (Å²) < 4.78 is 78.5. The lowest BCUT2D eigenvalue weighted by molar-refractivity contribution is -0.488. The summed E-state index contributed by atoms with van der Waals surface area (Å²) in [7, 11) is 6.68. The molecule has 8 aromatic rings. The zero-order valence-electron chi connectivity index (χ0n) is 43.6. The van der Waals surface area contributed by atoms with Crippen LogP contribution in [-0.4, -0.2) is 81.3 Å². The van der Waals surface area contributed by atoms with Crippen molar-refractivity contribution in [3.05, 3.63) is 192 Å². The third kappa shape index (κ3) is 7.25. The monoisotopic (exact) mass is 1040 g/mol. The maximum Gasteiger partial charge on any atom is 0.256 e. The molecule has 4 fully saturated rings. The molecule has 4 saturated heterocycles. The van der Waals surface area contributed by atoms with Crippen molar-refractivity contribution in [3.63, 3.8) is 0 Å². The molecule has 4 aliphatic heterocycles. The molecule has 394 valence electrons. The lowest BCUT2D eigenvalue weighted by Crippen LogP contribution is -2.68. The molecule has 0 N–H and O–H groups in total. The van der Waals surface area contributed by atoms with Gasteiger partial charge in [0.15, 0.2) is 0 Å². The van der Waals surface area contributed by atoms with Crippen molar-refractivity contribution in [2.75, 3.05) is 91.1 Å². The Morgan fingerprint density at radius 3 is 0.654 bits per heavy atom. The molecule has 0 atom stereocenters. The van der Waals surface area contributed by atoms with Crippen LogP contribution in [0.25, 0.3) is 33.4 Å². The highest BCUT2D eigenvalue weighted by molar-refractivity contribution is 5.91. The van der Waals surface area contributed by atoms with Gasteiger partial charge in [-0.3, -0.25) is 0 Å². The average molecular weight is 1050 g/mol. The second-order valence-corrected chi connectivity index (χ2v) is 19.7. The van der Waals surface area contributed by atoms with Gasteiger partial charge in [0, 0.05) is 67.5 Å². The lowest BCUT2D eigenvalue weighted by Gasteiger charge is -2.61. The van der Waals surface area contributed by atoms with Crippen molar-refractivity contribution in [1.29, 1.82) is 0 Å². The van der Waals surface area contributed by atoms with E-state index >= 15 is 0 Å². The van der Waals surface area contributed by atoms with E-state index in [-0.39, 0.29) is 52.9 Å². The van der Waals surface area contributed by atoms with Gasteiger partial charge < -0.3 is 66.6 Å². The van der Waals surface area contributed by atoms with Crippen molar-refractivity contribution in [2.45, 2.75) is 23.1 Å². The molecule has 0 unspecified atom stereocenters. The van der Waals surface area contributed by atoms with Crippen molar-refractivity contribution < 1.29 is 56.8 Å². The third-order valence-electron chi connectivity index (χ3n) is 15.8. The number of hydrogen-bond acceptors (Lipinski definition) is 14. The zero-order chi connectivity index (χ0) is 52.6. The molecule has 0 saturated carbocycles. The Morgan fingerprint density at radius 2 is 0.462 bits per heavy atom. The number of ether oxygens (including phenoxy) is 12. The molecule has 0 spiro atoms. The summed E-state index contributed by atoms with van der Waals surface area (Å²) in [6.07, 6.45) is 0. The molecular formula is C64H56N2O12. The van der Waals surface area contributed by atoms with Gasteiger partial charge in [-0.25, -0.2) is 0 Å². The van der Waals surface area contributed by atoms with E-state index in [1.54, 1.807) is 28.4 Å². The number of benzene rings is 8. The van der Waals surface area contributed by atoms with E-state index < -0.39 is 23.1 Å². The van der Waals surface area contributed by atoms with Crippen LogP contribution in [0.3, 0.4) is 0 Å². The van der Waals surface area contributed by atoms with Crippen molar-refractivity contribution in [2.24, 2.45) is 0 Å². The number of methoxy groups -OCH3 is 4. The van der Waals surface area contributed by atoms with Gasteiger partial charge in [0.1, 0.15) is 23.0 Å². The minimum atomic E-state index is -1.53. The minimum Gasteiger partial charge on any atom is -0.497 e. The third-order valence-corrected chi connectivity index (χ3v) is 15.8. The molecule has 8 aromatic carbocycles. The predicted molar refractivity (Wildman–Crippen MR) is 293 cm³/mol. The number of nitrogens with zero attached hydrogens (tertiary/aromatic N) is 2. The van der Waals surface area contributed by atoms with E-state index in [0.717, 1.165) is 113 Å². The molecule has 6 aliphatic rings. The molecule has 14 rings (SSSR count). The van der Waals surface area contributed by atoms with Crippen LogP contribution in [0.15, 0.2) is 170 Å². The van der Waals surface area contributed by atoms with Crippen molar-refractivity contribution in [1.82, 2.24) is 0 Å². The van der Waals surface area contributed by atoms with Gasteiger partial charge in [0.25, 0.3) is 23.1 Å². The van der Waals surface area contributed by atoms with Gasteiger partial charge in [0.2, 0.25) is 0 Å². The highest BCUT2D eigenvalue weighted by atomic mass is 16.8.